The second-order valence-electron chi connectivity index (χ2n) is 3.37. The van der Waals surface area contributed by atoms with Gasteiger partial charge in [0, 0.05) is 25.1 Å². The van der Waals surface area contributed by atoms with E-state index in [9.17, 15) is 9.18 Å². The van der Waals surface area contributed by atoms with Crippen LogP contribution in [0.1, 0.15) is 18.0 Å². The first kappa shape index (κ1) is 12.4. The van der Waals surface area contributed by atoms with E-state index < -0.39 is 11.9 Å². The smallest absolute Gasteiger partial charge is 0.221 e. The molecule has 88 valence electrons. The third-order valence-corrected chi connectivity index (χ3v) is 2.28. The Kier molecular flexibility index (Phi) is 4.25. The molecule has 0 spiro atoms. The van der Waals surface area contributed by atoms with Gasteiger partial charge in [-0.05, 0) is 18.2 Å². The van der Waals surface area contributed by atoms with E-state index in [4.69, 9.17) is 10.5 Å². The number of carbonyl (C=O) groups excluding carboxylic acids is 1. The van der Waals surface area contributed by atoms with E-state index in [-0.39, 0.29) is 12.3 Å². The van der Waals surface area contributed by atoms with Crippen LogP contribution in [-0.4, -0.2) is 20.1 Å². The lowest BCUT2D eigenvalue weighted by molar-refractivity contribution is -0.120. The fourth-order valence-electron chi connectivity index (χ4n) is 1.41. The summed E-state index contributed by atoms with van der Waals surface area (Å²) in [5.74, 6) is -0.111. The Bertz CT molecular complexity index is 382. The molecule has 1 aromatic rings. The first-order valence-corrected chi connectivity index (χ1v) is 4.88. The van der Waals surface area contributed by atoms with E-state index >= 15 is 0 Å². The number of amides is 1. The van der Waals surface area contributed by atoms with Crippen LogP contribution in [0.5, 0.6) is 5.75 Å². The largest absolute Gasteiger partial charge is 0.496 e. The fourth-order valence-corrected chi connectivity index (χ4v) is 1.41. The summed E-state index contributed by atoms with van der Waals surface area (Å²) >= 11 is 0. The van der Waals surface area contributed by atoms with Crippen molar-refractivity contribution in [3.05, 3.63) is 29.6 Å². The van der Waals surface area contributed by atoms with Crippen molar-refractivity contribution in [1.82, 2.24) is 5.32 Å². The van der Waals surface area contributed by atoms with Gasteiger partial charge in [0.2, 0.25) is 5.91 Å². The minimum absolute atomic E-state index is 0.0936. The summed E-state index contributed by atoms with van der Waals surface area (Å²) in [5.41, 5.74) is 6.30. The number of methoxy groups -OCH3 is 1. The van der Waals surface area contributed by atoms with E-state index in [0.717, 1.165) is 0 Å². The standard InChI is InChI=1S/C11H15FN2O2/c1-14-11(15)6-9(13)8-5-7(12)3-4-10(8)16-2/h3-5,9H,6,13H2,1-2H3,(H,14,15). The summed E-state index contributed by atoms with van der Waals surface area (Å²) in [6, 6.07) is 3.49. The molecule has 0 aliphatic heterocycles. The van der Waals surface area contributed by atoms with Gasteiger partial charge >= 0.3 is 0 Å². The molecule has 3 N–H and O–H groups in total. The average Bonchev–Trinajstić information content (AvgIpc) is 2.28. The van der Waals surface area contributed by atoms with Gasteiger partial charge in [0.25, 0.3) is 0 Å². The Morgan fingerprint density at radius 1 is 1.62 bits per heavy atom. The second kappa shape index (κ2) is 5.46. The van der Waals surface area contributed by atoms with Crippen molar-refractivity contribution in [1.29, 1.82) is 0 Å². The predicted molar refractivity (Wildman–Crippen MR) is 58.6 cm³/mol. The molecular formula is C11H15FN2O2. The molecule has 5 heteroatoms. The van der Waals surface area contributed by atoms with Gasteiger partial charge in [-0.1, -0.05) is 0 Å². The van der Waals surface area contributed by atoms with Gasteiger partial charge in [0.15, 0.2) is 0 Å². The summed E-state index contributed by atoms with van der Waals surface area (Å²) < 4.78 is 18.1. The lowest BCUT2D eigenvalue weighted by Gasteiger charge is -2.14. The molecule has 1 amide bonds. The van der Waals surface area contributed by atoms with Crippen molar-refractivity contribution in [2.24, 2.45) is 5.73 Å². The number of ether oxygens (including phenoxy) is 1. The molecule has 0 radical (unpaired) electrons. The number of rotatable bonds is 4. The highest BCUT2D eigenvalue weighted by molar-refractivity contribution is 5.76. The Morgan fingerprint density at radius 3 is 2.88 bits per heavy atom. The van der Waals surface area contributed by atoms with Crippen molar-refractivity contribution < 1.29 is 13.9 Å². The Labute approximate surface area is 93.6 Å². The molecule has 1 atom stereocenters. The van der Waals surface area contributed by atoms with Crippen LogP contribution in [0, 0.1) is 5.82 Å². The first-order valence-electron chi connectivity index (χ1n) is 4.88. The van der Waals surface area contributed by atoms with Crippen LogP contribution in [0.3, 0.4) is 0 Å². The normalized spacial score (nSPS) is 12.0. The second-order valence-corrected chi connectivity index (χ2v) is 3.37. The summed E-state index contributed by atoms with van der Waals surface area (Å²) in [5, 5.41) is 2.46. The fraction of sp³-hybridized carbons (Fsp3) is 0.364. The summed E-state index contributed by atoms with van der Waals surface area (Å²) in [6.45, 7) is 0. The monoisotopic (exact) mass is 226 g/mol. The molecule has 0 fully saturated rings. The van der Waals surface area contributed by atoms with Gasteiger partial charge in [-0.25, -0.2) is 4.39 Å². The van der Waals surface area contributed by atoms with Gasteiger partial charge < -0.3 is 15.8 Å². The molecule has 0 bridgehead atoms. The third-order valence-electron chi connectivity index (χ3n) is 2.28. The van der Waals surface area contributed by atoms with Crippen molar-refractivity contribution in [3.8, 4) is 5.75 Å². The maximum Gasteiger partial charge on any atom is 0.221 e. The zero-order chi connectivity index (χ0) is 12.1. The number of hydrogen-bond acceptors (Lipinski definition) is 3. The van der Waals surface area contributed by atoms with Crippen LogP contribution < -0.4 is 15.8 Å². The van der Waals surface area contributed by atoms with Crippen LogP contribution >= 0.6 is 0 Å². The average molecular weight is 226 g/mol. The molecule has 4 nitrogen and oxygen atoms in total. The molecule has 1 aromatic carbocycles. The van der Waals surface area contributed by atoms with Gasteiger partial charge in [-0.3, -0.25) is 4.79 Å². The molecule has 1 rings (SSSR count). The highest BCUT2D eigenvalue weighted by atomic mass is 19.1. The first-order chi connectivity index (χ1) is 7.58. The number of benzene rings is 1. The zero-order valence-electron chi connectivity index (χ0n) is 9.29. The van der Waals surface area contributed by atoms with Gasteiger partial charge in [0.1, 0.15) is 11.6 Å². The summed E-state index contributed by atoms with van der Waals surface area (Å²) in [7, 11) is 3.00. The Hall–Kier alpha value is -1.62. The Morgan fingerprint density at radius 2 is 2.31 bits per heavy atom. The maximum absolute atomic E-state index is 13.1. The van der Waals surface area contributed by atoms with Crippen LogP contribution in [0.15, 0.2) is 18.2 Å². The van der Waals surface area contributed by atoms with Gasteiger partial charge in [-0.15, -0.1) is 0 Å². The van der Waals surface area contributed by atoms with Crippen LogP contribution in [0.4, 0.5) is 4.39 Å². The van der Waals surface area contributed by atoms with Crippen molar-refractivity contribution in [3.63, 3.8) is 0 Å². The number of nitrogens with two attached hydrogens (primary N) is 1. The summed E-state index contributed by atoms with van der Waals surface area (Å²) in [6.07, 6.45) is 0.0936. The molecular weight excluding hydrogens is 211 g/mol. The predicted octanol–water partition coefficient (Wildman–Crippen LogP) is 0.970. The molecule has 0 aliphatic rings. The van der Waals surface area contributed by atoms with Crippen LogP contribution in [-0.2, 0) is 4.79 Å². The number of hydrogen-bond donors (Lipinski definition) is 2. The highest BCUT2D eigenvalue weighted by Crippen LogP contribution is 2.26. The van der Waals surface area contributed by atoms with E-state index in [1.165, 1.54) is 32.4 Å². The van der Waals surface area contributed by atoms with Crippen molar-refractivity contribution >= 4 is 5.91 Å². The van der Waals surface area contributed by atoms with Crippen LogP contribution in [0.2, 0.25) is 0 Å². The number of nitrogens with one attached hydrogen (secondary N) is 1. The van der Waals surface area contributed by atoms with Gasteiger partial charge in [0.05, 0.1) is 7.11 Å². The molecule has 0 saturated carbocycles. The SMILES string of the molecule is CNC(=O)CC(N)c1cc(F)ccc1OC. The third kappa shape index (κ3) is 2.93. The number of halogens is 1. The summed E-state index contributed by atoms with van der Waals surface area (Å²) in [4.78, 5) is 11.2. The lowest BCUT2D eigenvalue weighted by Crippen LogP contribution is -2.24. The zero-order valence-corrected chi connectivity index (χ0v) is 9.29. The lowest BCUT2D eigenvalue weighted by atomic mass is 10.0. The van der Waals surface area contributed by atoms with Crippen molar-refractivity contribution in [2.75, 3.05) is 14.2 Å². The molecule has 0 aliphatic carbocycles. The van der Waals surface area contributed by atoms with Crippen LogP contribution in [0.25, 0.3) is 0 Å². The minimum Gasteiger partial charge on any atom is -0.496 e. The van der Waals surface area contributed by atoms with E-state index in [2.05, 4.69) is 5.32 Å². The topological polar surface area (TPSA) is 64.4 Å². The molecule has 0 saturated heterocycles. The van der Waals surface area contributed by atoms with E-state index in [1.807, 2.05) is 0 Å². The molecule has 0 heterocycles. The molecule has 1 unspecified atom stereocenters. The van der Waals surface area contributed by atoms with E-state index in [0.29, 0.717) is 11.3 Å². The number of carbonyl (C=O) groups is 1. The van der Waals surface area contributed by atoms with Gasteiger partial charge in [-0.2, -0.15) is 0 Å². The van der Waals surface area contributed by atoms with Crippen molar-refractivity contribution in [2.45, 2.75) is 12.5 Å². The molecule has 16 heavy (non-hydrogen) atoms. The van der Waals surface area contributed by atoms with E-state index in [1.54, 1.807) is 0 Å². The quantitative estimate of drug-likeness (QED) is 0.804. The Balaban J connectivity index is 2.92. The highest BCUT2D eigenvalue weighted by Gasteiger charge is 2.15. The maximum atomic E-state index is 13.1. The molecule has 0 aromatic heterocycles. The minimum atomic E-state index is -0.578.